The van der Waals surface area contributed by atoms with E-state index in [2.05, 4.69) is 15.8 Å². The first-order valence-corrected chi connectivity index (χ1v) is 7.10. The number of carbonyl (C=O) groups is 3. The van der Waals surface area contributed by atoms with Crippen LogP contribution in [0.25, 0.3) is 0 Å². The van der Waals surface area contributed by atoms with Crippen LogP contribution < -0.4 is 20.6 Å². The van der Waals surface area contributed by atoms with Crippen LogP contribution in [0.3, 0.4) is 0 Å². The number of hydrazone groups is 1. The Morgan fingerprint density at radius 2 is 1.84 bits per heavy atom. The number of hydrogen-bond donors (Lipinski definition) is 2. The van der Waals surface area contributed by atoms with Crippen molar-refractivity contribution in [2.75, 3.05) is 12.4 Å². The first-order valence-electron chi connectivity index (χ1n) is 7.10. The second-order valence-corrected chi connectivity index (χ2v) is 4.76. The van der Waals surface area contributed by atoms with Gasteiger partial charge in [-0.25, -0.2) is 5.43 Å². The summed E-state index contributed by atoms with van der Waals surface area (Å²) in [6, 6.07) is 12.3. The van der Waals surface area contributed by atoms with Gasteiger partial charge in [0, 0.05) is 11.3 Å². The van der Waals surface area contributed by atoms with Crippen molar-refractivity contribution in [2.24, 2.45) is 5.10 Å². The normalized spacial score (nSPS) is 10.3. The Kier molecular flexibility index (Phi) is 5.83. The van der Waals surface area contributed by atoms with Crippen LogP contribution in [-0.2, 0) is 9.59 Å². The minimum atomic E-state index is -1.39. The highest BCUT2D eigenvalue weighted by Gasteiger charge is 2.13. The molecular weight excluding hydrogens is 326 g/mol. The van der Waals surface area contributed by atoms with Crippen molar-refractivity contribution in [2.45, 2.75) is 0 Å². The highest BCUT2D eigenvalue weighted by atomic mass is 16.5. The third kappa shape index (κ3) is 4.90. The van der Waals surface area contributed by atoms with E-state index in [0.717, 1.165) is 0 Å². The average molecular weight is 340 g/mol. The van der Waals surface area contributed by atoms with Gasteiger partial charge in [0.15, 0.2) is 0 Å². The number of nitrogens with zero attached hydrogens (tertiary/aromatic N) is 1. The standard InChI is InChI=1S/C17H15N3O5/c1-25-14-8-3-2-5-12(14)10-18-20-16(22)15(21)19-13-7-4-6-11(9-13)17(23)24/h2-10H,1H3,(H,19,21)(H,20,22)(H,23,24)/p-1/b18-10-. The summed E-state index contributed by atoms with van der Waals surface area (Å²) < 4.78 is 5.12. The van der Waals surface area contributed by atoms with E-state index in [1.165, 1.54) is 37.6 Å². The van der Waals surface area contributed by atoms with Gasteiger partial charge in [0.05, 0.1) is 19.3 Å². The zero-order chi connectivity index (χ0) is 18.2. The van der Waals surface area contributed by atoms with E-state index in [9.17, 15) is 19.5 Å². The Balaban J connectivity index is 1.96. The number of rotatable bonds is 5. The van der Waals surface area contributed by atoms with Gasteiger partial charge in [-0.3, -0.25) is 9.59 Å². The summed E-state index contributed by atoms with van der Waals surface area (Å²) in [4.78, 5) is 34.3. The highest BCUT2D eigenvalue weighted by Crippen LogP contribution is 2.14. The molecule has 0 bridgehead atoms. The number of para-hydroxylation sites is 1. The molecule has 2 rings (SSSR count). The molecule has 2 N–H and O–H groups in total. The molecule has 25 heavy (non-hydrogen) atoms. The largest absolute Gasteiger partial charge is 0.545 e. The van der Waals surface area contributed by atoms with Gasteiger partial charge in [0.2, 0.25) is 0 Å². The van der Waals surface area contributed by atoms with Crippen LogP contribution in [0.4, 0.5) is 5.69 Å². The zero-order valence-electron chi connectivity index (χ0n) is 13.2. The van der Waals surface area contributed by atoms with Gasteiger partial charge in [0.25, 0.3) is 0 Å². The number of benzene rings is 2. The van der Waals surface area contributed by atoms with Crippen LogP contribution in [0.1, 0.15) is 15.9 Å². The van der Waals surface area contributed by atoms with Crippen LogP contribution in [0.5, 0.6) is 5.75 Å². The first kappa shape index (κ1) is 17.7. The number of anilines is 1. The number of aromatic carboxylic acids is 1. The molecule has 0 aliphatic heterocycles. The lowest BCUT2D eigenvalue weighted by molar-refractivity contribution is -0.255. The van der Waals surface area contributed by atoms with Crippen LogP contribution in [0.15, 0.2) is 53.6 Å². The Morgan fingerprint density at radius 3 is 2.56 bits per heavy atom. The van der Waals surface area contributed by atoms with Gasteiger partial charge in [0.1, 0.15) is 5.75 Å². The summed E-state index contributed by atoms with van der Waals surface area (Å²) in [5.41, 5.74) is 2.72. The smallest absolute Gasteiger partial charge is 0.329 e. The molecule has 128 valence electrons. The number of ether oxygens (including phenoxy) is 1. The molecule has 0 heterocycles. The second kappa shape index (κ2) is 8.25. The van der Waals surface area contributed by atoms with E-state index in [0.29, 0.717) is 11.3 Å². The minimum Gasteiger partial charge on any atom is -0.545 e. The third-order valence-electron chi connectivity index (χ3n) is 3.07. The number of amides is 2. The quantitative estimate of drug-likeness (QED) is 0.456. The maximum absolute atomic E-state index is 11.8. The van der Waals surface area contributed by atoms with E-state index in [1.807, 2.05) is 0 Å². The second-order valence-electron chi connectivity index (χ2n) is 4.76. The lowest BCUT2D eigenvalue weighted by Crippen LogP contribution is -2.32. The number of methoxy groups -OCH3 is 1. The summed E-state index contributed by atoms with van der Waals surface area (Å²) in [5.74, 6) is -2.83. The van der Waals surface area contributed by atoms with Gasteiger partial charge in [-0.05, 0) is 29.8 Å². The van der Waals surface area contributed by atoms with Crippen molar-refractivity contribution in [3.8, 4) is 5.75 Å². The van der Waals surface area contributed by atoms with Gasteiger partial charge in [-0.1, -0.05) is 24.3 Å². The molecule has 0 fully saturated rings. The molecule has 0 atom stereocenters. The van der Waals surface area contributed by atoms with Gasteiger partial charge in [-0.2, -0.15) is 5.10 Å². The van der Waals surface area contributed by atoms with E-state index in [-0.39, 0.29) is 11.3 Å². The lowest BCUT2D eigenvalue weighted by atomic mass is 10.2. The monoisotopic (exact) mass is 340 g/mol. The van der Waals surface area contributed by atoms with Crippen LogP contribution in [0, 0.1) is 0 Å². The molecular formula is C17H14N3O5-. The van der Waals surface area contributed by atoms with Crippen molar-refractivity contribution < 1.29 is 24.2 Å². The number of carboxylic acid groups (broad SMARTS) is 1. The molecule has 0 saturated heterocycles. The Morgan fingerprint density at radius 1 is 1.08 bits per heavy atom. The van der Waals surface area contributed by atoms with Crippen LogP contribution >= 0.6 is 0 Å². The maximum Gasteiger partial charge on any atom is 0.329 e. The summed E-state index contributed by atoms with van der Waals surface area (Å²) in [7, 11) is 1.50. The predicted octanol–water partition coefficient (Wildman–Crippen LogP) is 0.147. The number of nitrogens with one attached hydrogen (secondary N) is 2. The first-order chi connectivity index (χ1) is 12.0. The van der Waals surface area contributed by atoms with Crippen LogP contribution in [0.2, 0.25) is 0 Å². The Hall–Kier alpha value is -3.68. The van der Waals surface area contributed by atoms with E-state index in [4.69, 9.17) is 4.74 Å². The topological polar surface area (TPSA) is 120 Å². The molecule has 8 nitrogen and oxygen atoms in total. The van der Waals surface area contributed by atoms with E-state index >= 15 is 0 Å². The minimum absolute atomic E-state index is 0.118. The summed E-state index contributed by atoms with van der Waals surface area (Å²) in [6.07, 6.45) is 1.33. The molecule has 2 amide bonds. The molecule has 8 heteroatoms. The van der Waals surface area contributed by atoms with Crippen molar-refractivity contribution in [3.63, 3.8) is 0 Å². The Bertz CT molecular complexity index is 833. The number of hydrogen-bond acceptors (Lipinski definition) is 6. The highest BCUT2D eigenvalue weighted by molar-refractivity contribution is 6.39. The molecule has 0 aromatic heterocycles. The molecule has 0 aliphatic carbocycles. The SMILES string of the molecule is COc1ccccc1/C=N\NC(=O)C(=O)Nc1cccc(C(=O)[O-])c1. The summed E-state index contributed by atoms with van der Waals surface area (Å²) in [6.45, 7) is 0. The zero-order valence-corrected chi connectivity index (χ0v) is 13.2. The fourth-order valence-electron chi connectivity index (χ4n) is 1.90. The molecule has 2 aromatic carbocycles. The number of carbonyl (C=O) groups excluding carboxylic acids is 3. The van der Waals surface area contributed by atoms with Gasteiger partial charge in [-0.15, -0.1) is 0 Å². The predicted molar refractivity (Wildman–Crippen MR) is 88.1 cm³/mol. The molecule has 0 aliphatic rings. The number of carboxylic acids is 1. The van der Waals surface area contributed by atoms with Crippen molar-refractivity contribution in [1.29, 1.82) is 0 Å². The van der Waals surface area contributed by atoms with E-state index in [1.54, 1.807) is 24.3 Å². The van der Waals surface area contributed by atoms with Crippen molar-refractivity contribution >= 4 is 29.7 Å². The molecule has 2 aromatic rings. The fraction of sp³-hybridized carbons (Fsp3) is 0.0588. The average Bonchev–Trinajstić information content (AvgIpc) is 2.62. The van der Waals surface area contributed by atoms with Gasteiger partial charge < -0.3 is 20.0 Å². The summed E-state index contributed by atoms with van der Waals surface area (Å²) >= 11 is 0. The third-order valence-corrected chi connectivity index (χ3v) is 3.07. The van der Waals surface area contributed by atoms with Crippen molar-refractivity contribution in [1.82, 2.24) is 5.43 Å². The lowest BCUT2D eigenvalue weighted by Gasteiger charge is -2.07. The Labute approximate surface area is 143 Å². The van der Waals surface area contributed by atoms with Crippen LogP contribution in [-0.4, -0.2) is 31.1 Å². The molecule has 0 spiro atoms. The fourth-order valence-corrected chi connectivity index (χ4v) is 1.90. The van der Waals surface area contributed by atoms with E-state index < -0.39 is 17.8 Å². The maximum atomic E-state index is 11.8. The molecule has 0 unspecified atom stereocenters. The summed E-state index contributed by atoms with van der Waals surface area (Å²) in [5, 5.41) is 16.7. The van der Waals surface area contributed by atoms with Gasteiger partial charge >= 0.3 is 11.8 Å². The molecule has 0 radical (unpaired) electrons. The van der Waals surface area contributed by atoms with Crippen molar-refractivity contribution in [3.05, 3.63) is 59.7 Å². The molecule has 0 saturated carbocycles.